The molecule has 3 aromatic rings. The first kappa shape index (κ1) is 18.1. The molecule has 3 N–H and O–H groups in total. The number of aromatic carboxylic acids is 1. The topological polar surface area (TPSA) is 105 Å². The van der Waals surface area contributed by atoms with Crippen LogP contribution in [0.15, 0.2) is 41.3 Å². The third-order valence-electron chi connectivity index (χ3n) is 4.34. The molecule has 0 aromatic heterocycles. The Labute approximate surface area is 157 Å². The van der Waals surface area contributed by atoms with Crippen LogP contribution in [0.3, 0.4) is 0 Å². The molecule has 3 aromatic carbocycles. The third-order valence-corrected chi connectivity index (χ3v) is 5.74. The molecule has 28 heavy (non-hydrogen) atoms. The zero-order valence-corrected chi connectivity index (χ0v) is 15.0. The van der Waals surface area contributed by atoms with E-state index >= 15 is 0 Å². The average Bonchev–Trinajstić information content (AvgIpc) is 2.65. The molecule has 0 bridgehead atoms. The lowest BCUT2D eigenvalue weighted by molar-refractivity contribution is 0.0697. The van der Waals surface area contributed by atoms with Crippen molar-refractivity contribution in [2.45, 2.75) is 4.90 Å². The Balaban J connectivity index is 1.91. The van der Waals surface area contributed by atoms with Crippen molar-refractivity contribution in [3.8, 4) is 11.5 Å². The lowest BCUT2D eigenvalue weighted by Gasteiger charge is -2.24. The first-order valence-electron chi connectivity index (χ1n) is 7.92. The Hall–Kier alpha value is -3.24. The summed E-state index contributed by atoms with van der Waals surface area (Å²) >= 11 is 0. The highest BCUT2D eigenvalue weighted by molar-refractivity contribution is 7.89. The fraction of sp³-hybridized carbons (Fsp3) is 0.0556. The summed E-state index contributed by atoms with van der Waals surface area (Å²) < 4.78 is 59.0. The molecule has 0 radical (unpaired) electrons. The number of benzene rings is 3. The summed E-state index contributed by atoms with van der Waals surface area (Å²) in [6.07, 6.45) is 0. The molecule has 0 saturated heterocycles. The minimum absolute atomic E-state index is 0.0249. The van der Waals surface area contributed by atoms with Crippen molar-refractivity contribution in [2.24, 2.45) is 0 Å². The number of anilines is 2. The molecule has 0 aliphatic carbocycles. The van der Waals surface area contributed by atoms with E-state index in [0.29, 0.717) is 16.5 Å². The minimum Gasteiger partial charge on any atom is -0.478 e. The van der Waals surface area contributed by atoms with Crippen molar-refractivity contribution >= 4 is 38.1 Å². The number of sulfonamides is 1. The van der Waals surface area contributed by atoms with Crippen molar-refractivity contribution in [2.75, 3.05) is 12.4 Å². The first-order chi connectivity index (χ1) is 13.2. The van der Waals surface area contributed by atoms with Gasteiger partial charge < -0.3 is 15.2 Å². The smallest absolute Gasteiger partial charge is 0.338 e. The predicted octanol–water partition coefficient (Wildman–Crippen LogP) is 3.57. The molecule has 1 aliphatic rings. The van der Waals surface area contributed by atoms with Gasteiger partial charge in [0.15, 0.2) is 23.1 Å². The number of rotatable bonds is 3. The molecular weight excluding hydrogens is 394 g/mol. The summed E-state index contributed by atoms with van der Waals surface area (Å²) in [5.74, 6) is -3.22. The van der Waals surface area contributed by atoms with E-state index in [1.807, 2.05) is 0 Å². The SMILES string of the molecule is CNS(=O)(=O)c1cc2c(c(C(=O)O)c1)Nc1cc3cc(F)c(F)cc3cc1O2. The number of nitrogens with one attached hydrogen (secondary N) is 2. The lowest BCUT2D eigenvalue weighted by atomic mass is 10.1. The van der Waals surface area contributed by atoms with Crippen LogP contribution in [-0.2, 0) is 10.0 Å². The van der Waals surface area contributed by atoms with Gasteiger partial charge in [0.05, 0.1) is 21.8 Å². The number of carboxylic acid groups (broad SMARTS) is 1. The highest BCUT2D eigenvalue weighted by atomic mass is 32.2. The van der Waals surface area contributed by atoms with E-state index in [9.17, 15) is 27.1 Å². The zero-order chi connectivity index (χ0) is 20.2. The molecule has 144 valence electrons. The molecule has 0 amide bonds. The van der Waals surface area contributed by atoms with Crippen LogP contribution in [0, 0.1) is 11.6 Å². The Kier molecular flexibility index (Phi) is 3.98. The Bertz CT molecular complexity index is 1270. The van der Waals surface area contributed by atoms with Crippen LogP contribution >= 0.6 is 0 Å². The summed E-state index contributed by atoms with van der Waals surface area (Å²) in [6, 6.07) is 7.14. The van der Waals surface area contributed by atoms with Crippen molar-refractivity contribution in [1.29, 1.82) is 0 Å². The van der Waals surface area contributed by atoms with Crippen LogP contribution in [0.1, 0.15) is 10.4 Å². The van der Waals surface area contributed by atoms with E-state index in [0.717, 1.165) is 18.2 Å². The minimum atomic E-state index is -3.92. The number of carbonyl (C=O) groups is 1. The summed E-state index contributed by atoms with van der Waals surface area (Å²) in [5, 5.41) is 13.1. The van der Waals surface area contributed by atoms with Gasteiger partial charge in [-0.15, -0.1) is 0 Å². The van der Waals surface area contributed by atoms with Crippen LogP contribution in [0.4, 0.5) is 20.2 Å². The average molecular weight is 406 g/mol. The van der Waals surface area contributed by atoms with Gasteiger partial charge >= 0.3 is 5.97 Å². The number of ether oxygens (including phenoxy) is 1. The summed E-state index contributed by atoms with van der Waals surface area (Å²) in [5.41, 5.74) is 0.0667. The van der Waals surface area contributed by atoms with Gasteiger partial charge in [0.25, 0.3) is 0 Å². The molecule has 0 atom stereocenters. The summed E-state index contributed by atoms with van der Waals surface area (Å²) in [7, 11) is -2.72. The second-order valence-corrected chi connectivity index (χ2v) is 7.93. The van der Waals surface area contributed by atoms with Gasteiger partial charge in [0.2, 0.25) is 10.0 Å². The van der Waals surface area contributed by atoms with Gasteiger partial charge in [-0.05, 0) is 48.2 Å². The number of halogens is 2. The fourth-order valence-electron chi connectivity index (χ4n) is 2.95. The van der Waals surface area contributed by atoms with E-state index in [1.54, 1.807) is 0 Å². The predicted molar refractivity (Wildman–Crippen MR) is 96.9 cm³/mol. The Morgan fingerprint density at radius 1 is 1.04 bits per heavy atom. The van der Waals surface area contributed by atoms with Crippen LogP contribution < -0.4 is 14.8 Å². The second kappa shape index (κ2) is 6.14. The van der Waals surface area contributed by atoms with Crippen LogP contribution in [0.2, 0.25) is 0 Å². The van der Waals surface area contributed by atoms with Gasteiger partial charge in [-0.1, -0.05) is 0 Å². The van der Waals surface area contributed by atoms with E-state index in [4.69, 9.17) is 4.74 Å². The van der Waals surface area contributed by atoms with Crippen molar-refractivity contribution in [3.05, 3.63) is 53.6 Å². The largest absolute Gasteiger partial charge is 0.478 e. The molecule has 1 aliphatic heterocycles. The van der Waals surface area contributed by atoms with Crippen LogP contribution in [-0.4, -0.2) is 26.5 Å². The van der Waals surface area contributed by atoms with E-state index in [-0.39, 0.29) is 27.6 Å². The fourth-order valence-corrected chi connectivity index (χ4v) is 3.72. The lowest BCUT2D eigenvalue weighted by Crippen LogP contribution is -2.20. The van der Waals surface area contributed by atoms with Gasteiger partial charge in [0, 0.05) is 6.07 Å². The zero-order valence-electron chi connectivity index (χ0n) is 14.2. The highest BCUT2D eigenvalue weighted by Crippen LogP contribution is 2.46. The standard InChI is InChI=1S/C18H12F2N2O5S/c1-21-28(25,26)10-6-11(18(23)24)17-16(7-10)27-15-5-9-3-13(20)12(19)2-8(9)4-14(15)22-17/h2-7,21-22H,1H3,(H,23,24). The molecule has 0 unspecified atom stereocenters. The molecule has 7 nitrogen and oxygen atoms in total. The summed E-state index contributed by atoms with van der Waals surface area (Å²) in [6.45, 7) is 0. The Morgan fingerprint density at radius 3 is 2.29 bits per heavy atom. The van der Waals surface area contributed by atoms with Crippen molar-refractivity contribution < 1.29 is 31.8 Å². The van der Waals surface area contributed by atoms with E-state index in [2.05, 4.69) is 10.0 Å². The number of hydrogen-bond acceptors (Lipinski definition) is 5. The number of carboxylic acids is 1. The molecule has 0 fully saturated rings. The maximum atomic E-state index is 13.5. The normalized spacial score (nSPS) is 12.7. The number of hydrogen-bond donors (Lipinski definition) is 3. The second-order valence-electron chi connectivity index (χ2n) is 6.05. The molecule has 0 saturated carbocycles. The molecule has 1 heterocycles. The Morgan fingerprint density at radius 2 is 1.68 bits per heavy atom. The molecule has 0 spiro atoms. The molecule has 10 heteroatoms. The van der Waals surface area contributed by atoms with Gasteiger partial charge in [-0.2, -0.15) is 0 Å². The van der Waals surface area contributed by atoms with E-state index in [1.165, 1.54) is 25.2 Å². The first-order valence-corrected chi connectivity index (χ1v) is 9.40. The van der Waals surface area contributed by atoms with Crippen LogP contribution in [0.25, 0.3) is 10.8 Å². The summed E-state index contributed by atoms with van der Waals surface area (Å²) in [4.78, 5) is 11.4. The van der Waals surface area contributed by atoms with Crippen molar-refractivity contribution in [1.82, 2.24) is 4.72 Å². The number of fused-ring (bicyclic) bond motifs is 3. The van der Waals surface area contributed by atoms with E-state index < -0.39 is 27.6 Å². The third kappa shape index (κ3) is 2.83. The highest BCUT2D eigenvalue weighted by Gasteiger charge is 2.27. The molecular formula is C18H12F2N2O5S. The maximum absolute atomic E-state index is 13.5. The van der Waals surface area contributed by atoms with Crippen molar-refractivity contribution in [3.63, 3.8) is 0 Å². The van der Waals surface area contributed by atoms with Gasteiger partial charge in [-0.3, -0.25) is 0 Å². The quantitative estimate of drug-likeness (QED) is 0.480. The maximum Gasteiger partial charge on any atom is 0.338 e. The van der Waals surface area contributed by atoms with Gasteiger partial charge in [0.1, 0.15) is 0 Å². The van der Waals surface area contributed by atoms with Crippen LogP contribution in [0.5, 0.6) is 11.5 Å². The molecule has 4 rings (SSSR count). The monoisotopic (exact) mass is 406 g/mol. The van der Waals surface area contributed by atoms with Gasteiger partial charge in [-0.25, -0.2) is 26.7 Å².